The summed E-state index contributed by atoms with van der Waals surface area (Å²) < 4.78 is 0. The zero-order valence-corrected chi connectivity index (χ0v) is 13.2. The van der Waals surface area contributed by atoms with E-state index in [1.165, 1.54) is 24.2 Å². The van der Waals surface area contributed by atoms with Crippen molar-refractivity contribution in [2.24, 2.45) is 0 Å². The second kappa shape index (κ2) is 6.41. The molecule has 1 saturated carbocycles. The highest BCUT2D eigenvalue weighted by Crippen LogP contribution is 2.27. The molecule has 0 aliphatic heterocycles. The number of rotatable bonds is 7. The van der Waals surface area contributed by atoms with E-state index in [1.807, 2.05) is 18.9 Å². The molecule has 1 amide bonds. The Bertz CT molecular complexity index is 471. The lowest BCUT2D eigenvalue weighted by Gasteiger charge is -2.15. The highest BCUT2D eigenvalue weighted by atomic mass is 32.1. The van der Waals surface area contributed by atoms with Crippen molar-refractivity contribution in [3.05, 3.63) is 4.88 Å². The molecule has 0 unspecified atom stereocenters. The first-order valence-corrected chi connectivity index (χ1v) is 7.80. The zero-order valence-electron chi connectivity index (χ0n) is 12.3. The highest BCUT2D eigenvalue weighted by molar-refractivity contribution is 7.18. The molecule has 7 heteroatoms. The summed E-state index contributed by atoms with van der Waals surface area (Å²) >= 11 is 1.34. The standard InChI is InChI=1S/C13H23N5OS/c1-4-17(2)13-16-11(14)10(20-13)12(19)15-7-8-18(3)9-5-6-9/h9H,4-8,14H2,1-3H3,(H,15,19). The van der Waals surface area contributed by atoms with Crippen LogP contribution >= 0.6 is 11.3 Å². The van der Waals surface area contributed by atoms with Gasteiger partial charge in [-0.1, -0.05) is 11.3 Å². The highest BCUT2D eigenvalue weighted by Gasteiger charge is 2.25. The number of nitrogen functional groups attached to an aromatic ring is 1. The van der Waals surface area contributed by atoms with Crippen LogP contribution < -0.4 is 16.0 Å². The van der Waals surface area contributed by atoms with E-state index >= 15 is 0 Å². The van der Waals surface area contributed by atoms with Crippen molar-refractivity contribution in [3.63, 3.8) is 0 Å². The van der Waals surface area contributed by atoms with E-state index in [-0.39, 0.29) is 5.91 Å². The molecule has 0 aromatic carbocycles. The van der Waals surface area contributed by atoms with Gasteiger partial charge >= 0.3 is 0 Å². The summed E-state index contributed by atoms with van der Waals surface area (Å²) in [6.45, 7) is 4.38. The van der Waals surface area contributed by atoms with Crippen molar-refractivity contribution >= 4 is 28.2 Å². The Kier molecular flexibility index (Phi) is 4.82. The second-order valence-electron chi connectivity index (χ2n) is 5.19. The molecule has 6 nitrogen and oxygen atoms in total. The summed E-state index contributed by atoms with van der Waals surface area (Å²) in [6.07, 6.45) is 2.55. The number of carbonyl (C=O) groups is 1. The lowest BCUT2D eigenvalue weighted by atomic mass is 10.4. The van der Waals surface area contributed by atoms with Crippen LogP contribution in [0, 0.1) is 0 Å². The monoisotopic (exact) mass is 297 g/mol. The van der Waals surface area contributed by atoms with Crippen molar-refractivity contribution in [3.8, 4) is 0 Å². The van der Waals surface area contributed by atoms with E-state index in [4.69, 9.17) is 5.73 Å². The number of nitrogens with zero attached hydrogens (tertiary/aromatic N) is 3. The Morgan fingerprint density at radius 3 is 2.80 bits per heavy atom. The summed E-state index contributed by atoms with van der Waals surface area (Å²) in [7, 11) is 4.03. The Balaban J connectivity index is 1.86. The van der Waals surface area contributed by atoms with Gasteiger partial charge in [0.05, 0.1) is 0 Å². The fraction of sp³-hybridized carbons (Fsp3) is 0.692. The van der Waals surface area contributed by atoms with E-state index in [0.717, 1.165) is 18.2 Å². The first-order valence-electron chi connectivity index (χ1n) is 6.98. The number of thiazole rings is 1. The average Bonchev–Trinajstić information content (AvgIpc) is 3.20. The van der Waals surface area contributed by atoms with Crippen LogP contribution in [0.2, 0.25) is 0 Å². The topological polar surface area (TPSA) is 74.5 Å². The molecule has 0 spiro atoms. The number of amides is 1. The van der Waals surface area contributed by atoms with Crippen LogP contribution in [0.1, 0.15) is 29.4 Å². The van der Waals surface area contributed by atoms with Gasteiger partial charge in [0.15, 0.2) is 5.13 Å². The van der Waals surface area contributed by atoms with Gasteiger partial charge in [-0.05, 0) is 26.8 Å². The number of hydrogen-bond donors (Lipinski definition) is 2. The lowest BCUT2D eigenvalue weighted by molar-refractivity contribution is 0.0954. The van der Waals surface area contributed by atoms with Crippen LogP contribution in [0.3, 0.4) is 0 Å². The first-order chi connectivity index (χ1) is 9.52. The van der Waals surface area contributed by atoms with Gasteiger partial charge in [-0.3, -0.25) is 4.79 Å². The summed E-state index contributed by atoms with van der Waals surface area (Å²) in [5, 5.41) is 3.70. The van der Waals surface area contributed by atoms with Crippen molar-refractivity contribution in [2.45, 2.75) is 25.8 Å². The molecule has 112 valence electrons. The van der Waals surface area contributed by atoms with E-state index < -0.39 is 0 Å². The maximum atomic E-state index is 12.1. The van der Waals surface area contributed by atoms with Gasteiger partial charge in [0.2, 0.25) is 0 Å². The molecule has 20 heavy (non-hydrogen) atoms. The van der Waals surface area contributed by atoms with Crippen LogP contribution in [-0.4, -0.2) is 55.6 Å². The first kappa shape index (κ1) is 15.1. The van der Waals surface area contributed by atoms with Crippen LogP contribution in [0.4, 0.5) is 10.9 Å². The second-order valence-corrected chi connectivity index (χ2v) is 6.17. The third-order valence-corrected chi connectivity index (χ3v) is 4.75. The molecular formula is C13H23N5OS. The number of aromatic nitrogens is 1. The van der Waals surface area contributed by atoms with Crippen molar-refractivity contribution in [1.82, 2.24) is 15.2 Å². The van der Waals surface area contributed by atoms with Crippen LogP contribution in [0.15, 0.2) is 0 Å². The molecule has 1 aromatic heterocycles. The predicted molar refractivity (Wildman–Crippen MR) is 83.5 cm³/mol. The SMILES string of the molecule is CCN(C)c1nc(N)c(C(=O)NCCN(C)C2CC2)s1. The molecule has 2 rings (SSSR count). The molecule has 0 bridgehead atoms. The quantitative estimate of drug-likeness (QED) is 0.785. The van der Waals surface area contributed by atoms with E-state index in [0.29, 0.717) is 23.3 Å². The van der Waals surface area contributed by atoms with Gasteiger partial charge in [-0.15, -0.1) is 0 Å². The van der Waals surface area contributed by atoms with Gasteiger partial charge in [0.1, 0.15) is 10.7 Å². The van der Waals surface area contributed by atoms with Crippen LogP contribution in [0.25, 0.3) is 0 Å². The normalized spacial score (nSPS) is 14.6. The molecule has 0 radical (unpaired) electrons. The zero-order chi connectivity index (χ0) is 14.7. The Morgan fingerprint density at radius 1 is 1.50 bits per heavy atom. The average molecular weight is 297 g/mol. The Labute approximate surface area is 124 Å². The number of nitrogens with two attached hydrogens (primary N) is 1. The maximum absolute atomic E-state index is 12.1. The fourth-order valence-electron chi connectivity index (χ4n) is 1.91. The number of anilines is 2. The largest absolute Gasteiger partial charge is 0.382 e. The smallest absolute Gasteiger partial charge is 0.265 e. The molecule has 3 N–H and O–H groups in total. The Hall–Kier alpha value is -1.34. The van der Waals surface area contributed by atoms with Gasteiger partial charge in [0, 0.05) is 32.7 Å². The van der Waals surface area contributed by atoms with Gasteiger partial charge in [0.25, 0.3) is 5.91 Å². The summed E-state index contributed by atoms with van der Waals surface area (Å²) in [5.41, 5.74) is 5.83. The minimum absolute atomic E-state index is 0.125. The van der Waals surface area contributed by atoms with Gasteiger partial charge in [-0.2, -0.15) is 0 Å². The number of carbonyl (C=O) groups excluding carboxylic acids is 1. The van der Waals surface area contributed by atoms with Crippen molar-refractivity contribution in [1.29, 1.82) is 0 Å². The Morgan fingerprint density at radius 2 is 2.20 bits per heavy atom. The molecule has 1 aliphatic rings. The summed E-state index contributed by atoms with van der Waals surface area (Å²) in [4.78, 5) is 21.1. The number of likely N-dealkylation sites (N-methyl/N-ethyl adjacent to an activating group) is 1. The summed E-state index contributed by atoms with van der Waals surface area (Å²) in [6, 6.07) is 0.713. The van der Waals surface area contributed by atoms with Crippen molar-refractivity contribution in [2.75, 3.05) is 44.4 Å². The van der Waals surface area contributed by atoms with Gasteiger partial charge in [-0.25, -0.2) is 4.98 Å². The van der Waals surface area contributed by atoms with E-state index in [9.17, 15) is 4.79 Å². The predicted octanol–water partition coefficient (Wildman–Crippen LogP) is 1.01. The minimum atomic E-state index is -0.125. The lowest BCUT2D eigenvalue weighted by Crippen LogP contribution is -2.33. The molecule has 1 fully saturated rings. The molecular weight excluding hydrogens is 274 g/mol. The van der Waals surface area contributed by atoms with E-state index in [2.05, 4.69) is 22.2 Å². The third-order valence-electron chi connectivity index (χ3n) is 3.57. The number of hydrogen-bond acceptors (Lipinski definition) is 6. The van der Waals surface area contributed by atoms with Gasteiger partial charge < -0.3 is 20.9 Å². The summed E-state index contributed by atoms with van der Waals surface area (Å²) in [5.74, 6) is 0.193. The van der Waals surface area contributed by atoms with Crippen LogP contribution in [0.5, 0.6) is 0 Å². The molecule has 0 saturated heterocycles. The number of nitrogens with one attached hydrogen (secondary N) is 1. The third kappa shape index (κ3) is 3.61. The minimum Gasteiger partial charge on any atom is -0.382 e. The molecule has 1 heterocycles. The maximum Gasteiger partial charge on any atom is 0.265 e. The molecule has 1 aliphatic carbocycles. The molecule has 1 aromatic rings. The van der Waals surface area contributed by atoms with Crippen LogP contribution in [-0.2, 0) is 0 Å². The molecule has 0 atom stereocenters. The van der Waals surface area contributed by atoms with Crippen molar-refractivity contribution < 1.29 is 4.79 Å². The fourth-order valence-corrected chi connectivity index (χ4v) is 2.83. The van der Waals surface area contributed by atoms with E-state index in [1.54, 1.807) is 0 Å².